The van der Waals surface area contributed by atoms with E-state index in [2.05, 4.69) is 31.9 Å². The third-order valence-corrected chi connectivity index (χ3v) is 10.6. The molecule has 2 aromatic carbocycles. The fourth-order valence-corrected chi connectivity index (χ4v) is 7.40. The Morgan fingerprint density at radius 3 is 1.95 bits per heavy atom. The molecule has 0 saturated carbocycles. The smallest absolute Gasteiger partial charge is 0.312 e. The lowest BCUT2D eigenvalue weighted by molar-refractivity contribution is -0.155. The Morgan fingerprint density at radius 2 is 1.34 bits per heavy atom. The maximum Gasteiger partial charge on any atom is 0.312 e. The molecule has 0 fully saturated rings. The largest absolute Gasteiger partial charge is 0.439 e. The maximum absolute atomic E-state index is 14.0. The fraction of sp³-hybridized carbons (Fsp3) is 0.525. The van der Waals surface area contributed by atoms with Gasteiger partial charge in [-0.15, -0.1) is 0 Å². The van der Waals surface area contributed by atoms with Crippen LogP contribution >= 0.6 is 11.8 Å². The number of nitrogens with two attached hydrogens (primary N) is 4. The second-order valence-corrected chi connectivity index (χ2v) is 15.7. The minimum Gasteiger partial charge on any atom is -0.439 e. The standard InChI is InChI=1S/C40H61N11O7S/c1-23(2)33(47-24(3)52)39(57)51-29(16-11-21-46-40(44)45)38(56)50-28(15-7-9-20-42)37(55)49-27(14-6-8-19-41)35(54)36(43)58-32(53)22-25-12-10-18-31-34(25)48-26-13-4-5-17-30(26)59-31/h4-5,10,12-13,17-18,23,27-29,33,36,48H,6-9,11,14-16,19-22,41-43H2,1-3H3,(H,47,52)(H,49,55)(H,50,56)(H,51,57)(H4,44,45,46)/t27-,28-,29-,33-,36?/m0/s1. The highest BCUT2D eigenvalue weighted by Gasteiger charge is 2.34. The Morgan fingerprint density at radius 1 is 0.763 bits per heavy atom. The summed E-state index contributed by atoms with van der Waals surface area (Å²) < 4.78 is 5.44. The molecule has 3 rings (SSSR count). The van der Waals surface area contributed by atoms with Gasteiger partial charge >= 0.3 is 5.97 Å². The Hall–Kier alpha value is -5.24. The van der Waals surface area contributed by atoms with Crippen molar-refractivity contribution in [3.8, 4) is 0 Å². The number of fused-ring (bicyclic) bond motifs is 2. The van der Waals surface area contributed by atoms with Gasteiger partial charge in [0.25, 0.3) is 0 Å². The average molecular weight is 840 g/mol. The van der Waals surface area contributed by atoms with Crippen LogP contribution in [0.25, 0.3) is 0 Å². The van der Waals surface area contributed by atoms with E-state index in [0.29, 0.717) is 50.8 Å². The van der Waals surface area contributed by atoms with Gasteiger partial charge in [0.05, 0.1) is 23.8 Å². The van der Waals surface area contributed by atoms with Gasteiger partial charge in [0.1, 0.15) is 18.1 Å². The highest BCUT2D eigenvalue weighted by molar-refractivity contribution is 7.99. The predicted molar refractivity (Wildman–Crippen MR) is 226 cm³/mol. The fourth-order valence-electron chi connectivity index (χ4n) is 6.36. The SMILES string of the molecule is CC(=O)N[C@H](C(=O)N[C@@H](CCCNC(=N)N)C(=O)N[C@@H](CCCCN)C(=O)N[C@@H](CCCCN)C(=O)C(N)OC(=O)Cc1cccc2c1Nc1ccccc1S2)C(C)C. The van der Waals surface area contributed by atoms with E-state index in [-0.39, 0.29) is 44.1 Å². The second kappa shape index (κ2) is 24.6. The summed E-state index contributed by atoms with van der Waals surface area (Å²) in [6.07, 6.45) is 0.736. The van der Waals surface area contributed by atoms with Gasteiger partial charge in [-0.25, -0.2) is 0 Å². The van der Waals surface area contributed by atoms with Crippen molar-refractivity contribution in [2.75, 3.05) is 25.0 Å². The number of ketones is 1. The van der Waals surface area contributed by atoms with Crippen molar-refractivity contribution < 1.29 is 33.5 Å². The van der Waals surface area contributed by atoms with Crippen LogP contribution in [0.15, 0.2) is 52.3 Å². The molecule has 0 aliphatic carbocycles. The van der Waals surface area contributed by atoms with Crippen molar-refractivity contribution in [1.29, 1.82) is 5.41 Å². The van der Waals surface area contributed by atoms with Crippen LogP contribution in [0.5, 0.6) is 0 Å². The van der Waals surface area contributed by atoms with Crippen molar-refractivity contribution >= 4 is 64.5 Å². The Labute approximate surface area is 349 Å². The van der Waals surface area contributed by atoms with Crippen LogP contribution in [0.4, 0.5) is 11.4 Å². The number of carbonyl (C=O) groups excluding carboxylic acids is 6. The van der Waals surface area contributed by atoms with Gasteiger partial charge in [-0.2, -0.15) is 0 Å². The summed E-state index contributed by atoms with van der Waals surface area (Å²) in [5, 5.41) is 24.2. The molecule has 5 atom stereocenters. The number of amides is 4. The molecule has 0 spiro atoms. The van der Waals surface area contributed by atoms with Gasteiger partial charge in [-0.3, -0.25) is 39.9 Å². The molecule has 59 heavy (non-hydrogen) atoms. The summed E-state index contributed by atoms with van der Waals surface area (Å²) in [4.78, 5) is 82.0. The van der Waals surface area contributed by atoms with E-state index in [1.54, 1.807) is 31.7 Å². The zero-order valence-electron chi connectivity index (χ0n) is 34.1. The van der Waals surface area contributed by atoms with E-state index in [0.717, 1.165) is 21.2 Å². The summed E-state index contributed by atoms with van der Waals surface area (Å²) in [5.41, 5.74) is 25.3. The van der Waals surface area contributed by atoms with Crippen molar-refractivity contribution in [3.63, 3.8) is 0 Å². The molecule has 1 aliphatic heterocycles. The van der Waals surface area contributed by atoms with Crippen LogP contribution < -0.4 is 54.8 Å². The third kappa shape index (κ3) is 15.8. The lowest BCUT2D eigenvalue weighted by Crippen LogP contribution is -2.59. The first-order chi connectivity index (χ1) is 28.1. The maximum atomic E-state index is 14.0. The number of esters is 1. The molecule has 0 radical (unpaired) electrons. The van der Waals surface area contributed by atoms with Crippen LogP contribution in [0.1, 0.15) is 77.7 Å². The highest BCUT2D eigenvalue weighted by atomic mass is 32.2. The van der Waals surface area contributed by atoms with Crippen LogP contribution in [0.2, 0.25) is 0 Å². The number of para-hydroxylation sites is 2. The first-order valence-electron chi connectivity index (χ1n) is 20.0. The summed E-state index contributed by atoms with van der Waals surface area (Å²) in [6, 6.07) is 8.90. The number of ether oxygens (including phenoxy) is 1. The van der Waals surface area contributed by atoms with E-state index in [9.17, 15) is 28.8 Å². The van der Waals surface area contributed by atoms with Crippen LogP contribution in [0.3, 0.4) is 0 Å². The summed E-state index contributed by atoms with van der Waals surface area (Å²) in [6.45, 7) is 5.66. The Bertz CT molecular complexity index is 1780. The number of unbranched alkanes of at least 4 members (excludes halogenated alkanes) is 2. The summed E-state index contributed by atoms with van der Waals surface area (Å²) >= 11 is 1.57. The van der Waals surface area contributed by atoms with E-state index in [1.807, 2.05) is 36.4 Å². The minimum atomic E-state index is -1.71. The summed E-state index contributed by atoms with van der Waals surface area (Å²) in [7, 11) is 0. The van der Waals surface area contributed by atoms with Crippen molar-refractivity contribution in [1.82, 2.24) is 26.6 Å². The Kier molecular flexibility index (Phi) is 20.1. The highest BCUT2D eigenvalue weighted by Crippen LogP contribution is 2.45. The van der Waals surface area contributed by atoms with Gasteiger partial charge in [0.15, 0.2) is 5.96 Å². The number of guanidine groups is 1. The van der Waals surface area contributed by atoms with Crippen molar-refractivity contribution in [2.24, 2.45) is 28.9 Å². The first kappa shape index (κ1) is 48.1. The number of anilines is 2. The number of hydrogen-bond donors (Lipinski definition) is 11. The molecule has 0 aromatic heterocycles. The third-order valence-electron chi connectivity index (χ3n) is 9.47. The molecule has 15 N–H and O–H groups in total. The van der Waals surface area contributed by atoms with E-state index < -0.39 is 65.8 Å². The number of benzene rings is 2. The van der Waals surface area contributed by atoms with Gasteiger partial charge in [0, 0.05) is 23.3 Å². The van der Waals surface area contributed by atoms with Crippen molar-refractivity contribution in [2.45, 2.75) is 119 Å². The number of Topliss-reactive ketones (excluding diaryl/α,β-unsaturated/α-hetero) is 1. The zero-order chi connectivity index (χ0) is 43.5. The van der Waals surface area contributed by atoms with Crippen LogP contribution in [0, 0.1) is 11.3 Å². The van der Waals surface area contributed by atoms with Crippen molar-refractivity contribution in [3.05, 3.63) is 48.0 Å². The molecule has 4 amide bonds. The van der Waals surface area contributed by atoms with Crippen LogP contribution in [-0.4, -0.2) is 91.4 Å². The molecule has 0 bridgehead atoms. The molecule has 2 aromatic rings. The molecule has 19 heteroatoms. The number of hydrogen-bond acceptors (Lipinski definition) is 13. The van der Waals surface area contributed by atoms with Gasteiger partial charge in [0.2, 0.25) is 35.6 Å². The van der Waals surface area contributed by atoms with Gasteiger partial charge in [-0.05, 0) is 94.1 Å². The number of rotatable bonds is 25. The predicted octanol–water partition coefficient (Wildman–Crippen LogP) is 0.971. The number of nitrogens with one attached hydrogen (secondary N) is 7. The van der Waals surface area contributed by atoms with Crippen LogP contribution in [-0.2, 0) is 39.9 Å². The minimum absolute atomic E-state index is 0.0915. The second-order valence-electron chi connectivity index (χ2n) is 14.7. The molecular formula is C40H61N11O7S. The monoisotopic (exact) mass is 839 g/mol. The van der Waals surface area contributed by atoms with E-state index in [1.165, 1.54) is 6.92 Å². The Balaban J connectivity index is 1.76. The molecule has 1 heterocycles. The van der Waals surface area contributed by atoms with E-state index >= 15 is 0 Å². The van der Waals surface area contributed by atoms with E-state index in [4.69, 9.17) is 33.1 Å². The van der Waals surface area contributed by atoms with Gasteiger partial charge in [-0.1, -0.05) is 49.9 Å². The van der Waals surface area contributed by atoms with Gasteiger partial charge < -0.3 is 53.8 Å². The lowest BCUT2D eigenvalue weighted by atomic mass is 10.0. The summed E-state index contributed by atoms with van der Waals surface area (Å²) in [5.74, 6) is -4.46. The molecule has 0 saturated heterocycles. The molecular weight excluding hydrogens is 779 g/mol. The average Bonchev–Trinajstić information content (AvgIpc) is 3.19. The normalized spacial score (nSPS) is 14.2. The molecule has 324 valence electrons. The lowest BCUT2D eigenvalue weighted by Gasteiger charge is -2.28. The molecule has 1 aliphatic rings. The number of carbonyl (C=O) groups is 6. The molecule has 1 unspecified atom stereocenters. The topological polar surface area (TPSA) is 312 Å². The first-order valence-corrected chi connectivity index (χ1v) is 20.8. The zero-order valence-corrected chi connectivity index (χ0v) is 34.9. The quantitative estimate of drug-likeness (QED) is 0.0186. The molecule has 18 nitrogen and oxygen atoms in total.